The van der Waals surface area contributed by atoms with Crippen LogP contribution in [-0.2, 0) is 4.74 Å². The van der Waals surface area contributed by atoms with Gasteiger partial charge in [-0.3, -0.25) is 9.36 Å². The van der Waals surface area contributed by atoms with Gasteiger partial charge in [0.15, 0.2) is 5.16 Å². The number of benzene rings is 2. The number of aromatic nitrogens is 2. The first-order valence-electron chi connectivity index (χ1n) is 8.55. The molecule has 0 saturated heterocycles. The summed E-state index contributed by atoms with van der Waals surface area (Å²) < 4.78 is 7.00. The Bertz CT molecular complexity index is 951. The molecule has 0 saturated carbocycles. The minimum absolute atomic E-state index is 0.0188. The minimum atomic E-state index is -0.0785. The molecule has 0 radical (unpaired) electrons. The van der Waals surface area contributed by atoms with Crippen LogP contribution in [-0.4, -0.2) is 29.0 Å². The summed E-state index contributed by atoms with van der Waals surface area (Å²) in [4.78, 5) is 17.7. The first-order valence-corrected chi connectivity index (χ1v) is 9.54. The van der Waals surface area contributed by atoms with E-state index in [9.17, 15) is 4.79 Å². The third-order valence-electron chi connectivity index (χ3n) is 4.04. The molecular weight excluding hydrogens is 344 g/mol. The first kappa shape index (κ1) is 18.4. The van der Waals surface area contributed by atoms with Gasteiger partial charge in [-0.25, -0.2) is 4.98 Å². The van der Waals surface area contributed by atoms with Crippen molar-refractivity contribution in [3.63, 3.8) is 0 Å². The van der Waals surface area contributed by atoms with E-state index in [4.69, 9.17) is 9.72 Å². The molecule has 0 amide bonds. The van der Waals surface area contributed by atoms with Crippen LogP contribution in [0.15, 0.2) is 70.6 Å². The van der Waals surface area contributed by atoms with Gasteiger partial charge in [0.25, 0.3) is 5.56 Å². The highest BCUT2D eigenvalue weighted by molar-refractivity contribution is 7.99. The molecule has 0 unspecified atom stereocenters. The average molecular weight is 366 g/mol. The third-order valence-corrected chi connectivity index (χ3v) is 4.95. The summed E-state index contributed by atoms with van der Waals surface area (Å²) >= 11 is 1.56. The van der Waals surface area contributed by atoms with Crippen molar-refractivity contribution in [2.75, 3.05) is 19.5 Å². The van der Waals surface area contributed by atoms with Crippen LogP contribution in [0.25, 0.3) is 17.0 Å². The molecule has 26 heavy (non-hydrogen) atoms. The number of methoxy groups -OCH3 is 1. The van der Waals surface area contributed by atoms with Gasteiger partial charge in [0.05, 0.1) is 23.6 Å². The summed E-state index contributed by atoms with van der Waals surface area (Å²) in [5, 5.41) is 1.36. The van der Waals surface area contributed by atoms with Crippen molar-refractivity contribution in [2.45, 2.75) is 18.1 Å². The minimum Gasteiger partial charge on any atom is -0.383 e. The maximum Gasteiger partial charge on any atom is 0.262 e. The van der Waals surface area contributed by atoms with E-state index in [2.05, 4.69) is 24.3 Å². The number of hydrogen-bond acceptors (Lipinski definition) is 4. The van der Waals surface area contributed by atoms with Crippen molar-refractivity contribution in [1.29, 1.82) is 0 Å². The second-order valence-electron chi connectivity index (χ2n) is 6.02. The van der Waals surface area contributed by atoms with Crippen molar-refractivity contribution < 1.29 is 4.74 Å². The maximum atomic E-state index is 13.0. The highest BCUT2D eigenvalue weighted by atomic mass is 32.2. The largest absolute Gasteiger partial charge is 0.383 e. The van der Waals surface area contributed by atoms with Gasteiger partial charge in [0.1, 0.15) is 0 Å². The Hall–Kier alpha value is -2.37. The molecule has 1 heterocycles. The number of para-hydroxylation sites is 1. The van der Waals surface area contributed by atoms with E-state index < -0.39 is 0 Å². The standard InChI is InChI=1S/C21H22N2O2S/c1-16(15-25-2)23-20(24)18-12-6-7-13-19(18)22-21(23)26-14-8-11-17-9-4-3-5-10-17/h3-13,16H,14-15H2,1-2H3/b11-8+/t16-/m1/s1. The smallest absolute Gasteiger partial charge is 0.262 e. The van der Waals surface area contributed by atoms with Crippen molar-refractivity contribution in [3.05, 3.63) is 76.6 Å². The van der Waals surface area contributed by atoms with E-state index in [-0.39, 0.29) is 11.6 Å². The van der Waals surface area contributed by atoms with Crippen LogP contribution in [0.1, 0.15) is 18.5 Å². The van der Waals surface area contributed by atoms with E-state index in [0.717, 1.165) is 22.0 Å². The first-order chi connectivity index (χ1) is 12.7. The SMILES string of the molecule is COC[C@@H](C)n1c(SC/C=C/c2ccccc2)nc2ccccc2c1=O. The fraction of sp³-hybridized carbons (Fsp3) is 0.238. The fourth-order valence-electron chi connectivity index (χ4n) is 2.80. The Labute approximate surface area is 157 Å². The second-order valence-corrected chi connectivity index (χ2v) is 7.00. The van der Waals surface area contributed by atoms with Crippen LogP contribution in [0.2, 0.25) is 0 Å². The second kappa shape index (κ2) is 8.83. The normalized spacial score (nSPS) is 12.7. The van der Waals surface area contributed by atoms with Gasteiger partial charge in [-0.2, -0.15) is 0 Å². The van der Waals surface area contributed by atoms with Crippen LogP contribution in [0.4, 0.5) is 0 Å². The Morgan fingerprint density at radius 3 is 2.65 bits per heavy atom. The maximum absolute atomic E-state index is 13.0. The van der Waals surface area contributed by atoms with Crippen LogP contribution in [0.5, 0.6) is 0 Å². The molecule has 0 spiro atoms. The highest BCUT2D eigenvalue weighted by Crippen LogP contribution is 2.21. The Morgan fingerprint density at radius 2 is 1.88 bits per heavy atom. The fourth-order valence-corrected chi connectivity index (χ4v) is 3.71. The van der Waals surface area contributed by atoms with Crippen LogP contribution >= 0.6 is 11.8 Å². The Morgan fingerprint density at radius 1 is 1.15 bits per heavy atom. The third kappa shape index (κ3) is 4.23. The van der Waals surface area contributed by atoms with Gasteiger partial charge in [0.2, 0.25) is 0 Å². The molecule has 0 aliphatic rings. The van der Waals surface area contributed by atoms with Gasteiger partial charge in [0, 0.05) is 12.9 Å². The Kier molecular flexibility index (Phi) is 6.26. The number of nitrogens with zero attached hydrogens (tertiary/aromatic N) is 2. The van der Waals surface area contributed by atoms with Crippen molar-refractivity contribution in [2.24, 2.45) is 0 Å². The van der Waals surface area contributed by atoms with E-state index in [1.165, 1.54) is 0 Å². The molecule has 0 bridgehead atoms. The van der Waals surface area contributed by atoms with Gasteiger partial charge in [-0.05, 0) is 24.6 Å². The molecule has 0 fully saturated rings. The zero-order chi connectivity index (χ0) is 18.4. The van der Waals surface area contributed by atoms with Crippen molar-refractivity contribution >= 4 is 28.7 Å². The predicted octanol–water partition coefficient (Wildman–Crippen LogP) is 4.41. The summed E-state index contributed by atoms with van der Waals surface area (Å²) in [7, 11) is 1.64. The molecule has 0 aliphatic carbocycles. The topological polar surface area (TPSA) is 44.1 Å². The summed E-state index contributed by atoms with van der Waals surface area (Å²) in [5.74, 6) is 0.735. The number of rotatable bonds is 7. The van der Waals surface area contributed by atoms with Crippen LogP contribution < -0.4 is 5.56 Å². The van der Waals surface area contributed by atoms with Gasteiger partial charge in [-0.1, -0.05) is 66.4 Å². The average Bonchev–Trinajstić information content (AvgIpc) is 2.66. The lowest BCUT2D eigenvalue weighted by atomic mass is 10.2. The van der Waals surface area contributed by atoms with Crippen molar-refractivity contribution in [3.8, 4) is 0 Å². The van der Waals surface area contributed by atoms with Crippen molar-refractivity contribution in [1.82, 2.24) is 9.55 Å². The van der Waals surface area contributed by atoms with Crippen LogP contribution in [0.3, 0.4) is 0 Å². The molecule has 3 aromatic rings. The number of hydrogen-bond donors (Lipinski definition) is 0. The summed E-state index contributed by atoms with van der Waals surface area (Å²) in [5.41, 5.74) is 1.87. The lowest BCUT2D eigenvalue weighted by Gasteiger charge is -2.18. The molecule has 5 heteroatoms. The molecular formula is C21H22N2O2S. The molecule has 1 atom stereocenters. The van der Waals surface area contributed by atoms with Gasteiger partial charge < -0.3 is 4.74 Å². The molecule has 2 aromatic carbocycles. The zero-order valence-corrected chi connectivity index (χ0v) is 15.8. The van der Waals surface area contributed by atoms with E-state index in [1.807, 2.05) is 49.4 Å². The monoisotopic (exact) mass is 366 g/mol. The lowest BCUT2D eigenvalue weighted by molar-refractivity contribution is 0.156. The van der Waals surface area contributed by atoms with E-state index in [0.29, 0.717) is 12.0 Å². The van der Waals surface area contributed by atoms with Gasteiger partial charge >= 0.3 is 0 Å². The lowest BCUT2D eigenvalue weighted by Crippen LogP contribution is -2.28. The Balaban J connectivity index is 1.89. The zero-order valence-electron chi connectivity index (χ0n) is 15.0. The molecule has 1 aromatic heterocycles. The molecule has 0 N–H and O–H groups in total. The summed E-state index contributed by atoms with van der Waals surface area (Å²) in [6.45, 7) is 2.44. The van der Waals surface area contributed by atoms with E-state index in [1.54, 1.807) is 23.4 Å². The number of fused-ring (bicyclic) bond motifs is 1. The quantitative estimate of drug-likeness (QED) is 0.459. The number of ether oxygens (including phenoxy) is 1. The highest BCUT2D eigenvalue weighted by Gasteiger charge is 2.16. The molecule has 134 valence electrons. The molecule has 0 aliphatic heterocycles. The van der Waals surface area contributed by atoms with E-state index >= 15 is 0 Å². The van der Waals surface area contributed by atoms with Crippen LogP contribution in [0, 0.1) is 0 Å². The van der Waals surface area contributed by atoms with Gasteiger partial charge in [-0.15, -0.1) is 0 Å². The summed E-state index contributed by atoms with van der Waals surface area (Å²) in [6.07, 6.45) is 4.17. The molecule has 4 nitrogen and oxygen atoms in total. The summed E-state index contributed by atoms with van der Waals surface area (Å²) in [6, 6.07) is 17.6. The number of thioether (sulfide) groups is 1. The predicted molar refractivity (Wildman–Crippen MR) is 109 cm³/mol. The molecule has 3 rings (SSSR count).